The van der Waals surface area contributed by atoms with Crippen LogP contribution in [0.3, 0.4) is 0 Å². The number of hydrogen-bond acceptors (Lipinski definition) is 6. The molecule has 1 aliphatic rings. The van der Waals surface area contributed by atoms with Gasteiger partial charge in [-0.2, -0.15) is 0 Å². The van der Waals surface area contributed by atoms with Gasteiger partial charge in [0.25, 0.3) is 10.0 Å². The molecule has 9 heteroatoms. The van der Waals surface area contributed by atoms with E-state index in [1.54, 1.807) is 31.3 Å². The van der Waals surface area contributed by atoms with Gasteiger partial charge in [0.15, 0.2) is 5.13 Å². The van der Waals surface area contributed by atoms with E-state index in [1.807, 2.05) is 19.9 Å². The molecule has 3 aromatic rings. The second-order valence-electron chi connectivity index (χ2n) is 8.24. The molecule has 1 saturated carbocycles. The number of carbonyl (C=O) groups excluding carboxylic acids is 1. The van der Waals surface area contributed by atoms with E-state index in [0.29, 0.717) is 16.4 Å². The Morgan fingerprint density at radius 1 is 1.09 bits per heavy atom. The number of thiazole rings is 1. The van der Waals surface area contributed by atoms with Crippen molar-refractivity contribution >= 4 is 38.1 Å². The molecule has 32 heavy (non-hydrogen) atoms. The van der Waals surface area contributed by atoms with Crippen LogP contribution in [0.4, 0.5) is 10.8 Å². The summed E-state index contributed by atoms with van der Waals surface area (Å²) < 4.78 is 28.8. The topological polar surface area (TPSA) is 101 Å². The van der Waals surface area contributed by atoms with Crippen molar-refractivity contribution in [2.75, 3.05) is 10.0 Å². The number of aromatic nitrogens is 2. The lowest BCUT2D eigenvalue weighted by molar-refractivity contribution is -0.119. The maximum Gasteiger partial charge on any atom is 0.262 e. The molecule has 7 nitrogen and oxygen atoms in total. The van der Waals surface area contributed by atoms with Crippen molar-refractivity contribution in [1.29, 1.82) is 0 Å². The van der Waals surface area contributed by atoms with Crippen LogP contribution in [-0.4, -0.2) is 24.3 Å². The van der Waals surface area contributed by atoms with Gasteiger partial charge >= 0.3 is 0 Å². The van der Waals surface area contributed by atoms with Gasteiger partial charge in [-0.1, -0.05) is 36.3 Å². The third-order valence-electron chi connectivity index (χ3n) is 5.62. The molecule has 0 saturated heterocycles. The molecule has 1 amide bonds. The number of rotatable bonds is 6. The third kappa shape index (κ3) is 4.83. The summed E-state index contributed by atoms with van der Waals surface area (Å²) in [6, 6.07) is 7.06. The Bertz CT molecular complexity index is 1260. The fraction of sp³-hybridized carbons (Fsp3) is 0.348. The molecule has 4 rings (SSSR count). The predicted octanol–water partition coefficient (Wildman–Crippen LogP) is 5.06. The number of sulfonamides is 1. The molecule has 0 aliphatic heterocycles. The standard InChI is InChI=1S/C23H26N4O3S2/c1-14-10-19(13-24-12-14)27-32(29,30)20-11-18(9-8-15(20)2)21-16(3)25-23(31-21)26-22(28)17-6-4-5-7-17/h8-13,17,27H,4-7H2,1-3H3,(H,25,26,28). The van der Waals surface area contributed by atoms with Gasteiger partial charge in [-0.3, -0.25) is 14.5 Å². The number of pyridine rings is 1. The lowest BCUT2D eigenvalue weighted by atomic mass is 10.1. The van der Waals surface area contributed by atoms with Gasteiger partial charge in [0.1, 0.15) is 0 Å². The molecule has 1 fully saturated rings. The summed E-state index contributed by atoms with van der Waals surface area (Å²) in [5, 5.41) is 3.48. The Hall–Kier alpha value is -2.78. The lowest BCUT2D eigenvalue weighted by Crippen LogP contribution is -2.20. The number of amides is 1. The highest BCUT2D eigenvalue weighted by Gasteiger charge is 2.24. The van der Waals surface area contributed by atoms with Crippen LogP contribution in [0.1, 0.15) is 42.5 Å². The maximum atomic E-state index is 13.1. The highest BCUT2D eigenvalue weighted by atomic mass is 32.2. The highest BCUT2D eigenvalue weighted by molar-refractivity contribution is 7.92. The maximum absolute atomic E-state index is 13.1. The van der Waals surface area contributed by atoms with Crippen LogP contribution in [0.2, 0.25) is 0 Å². The average molecular weight is 471 g/mol. The Morgan fingerprint density at radius 2 is 1.84 bits per heavy atom. The predicted molar refractivity (Wildman–Crippen MR) is 127 cm³/mol. The first-order valence-corrected chi connectivity index (χ1v) is 12.9. The van der Waals surface area contributed by atoms with E-state index in [-0.39, 0.29) is 16.7 Å². The minimum absolute atomic E-state index is 0.0194. The zero-order valence-electron chi connectivity index (χ0n) is 18.3. The van der Waals surface area contributed by atoms with Gasteiger partial charge in [-0.25, -0.2) is 13.4 Å². The first-order chi connectivity index (χ1) is 15.2. The van der Waals surface area contributed by atoms with Crippen LogP contribution in [0.5, 0.6) is 0 Å². The van der Waals surface area contributed by atoms with Crippen LogP contribution in [-0.2, 0) is 14.8 Å². The number of nitrogens with zero attached hydrogens (tertiary/aromatic N) is 2. The number of benzene rings is 1. The summed E-state index contributed by atoms with van der Waals surface area (Å²) in [6.45, 7) is 5.48. The van der Waals surface area contributed by atoms with Gasteiger partial charge in [-0.05, 0) is 62.4 Å². The van der Waals surface area contributed by atoms with Crippen molar-refractivity contribution in [3.8, 4) is 10.4 Å². The minimum atomic E-state index is -3.80. The fourth-order valence-electron chi connectivity index (χ4n) is 3.96. The molecular formula is C23H26N4O3S2. The normalized spacial score (nSPS) is 14.5. The summed E-state index contributed by atoms with van der Waals surface area (Å²) in [5.74, 6) is 0.0758. The van der Waals surface area contributed by atoms with E-state index in [1.165, 1.54) is 17.5 Å². The summed E-state index contributed by atoms with van der Waals surface area (Å²) in [7, 11) is -3.80. The van der Waals surface area contributed by atoms with Crippen LogP contribution in [0, 0.1) is 26.7 Å². The summed E-state index contributed by atoms with van der Waals surface area (Å²) in [5.41, 5.74) is 3.41. The number of carbonyl (C=O) groups is 1. The number of aryl methyl sites for hydroxylation is 3. The van der Waals surface area contributed by atoms with Crippen LogP contribution >= 0.6 is 11.3 Å². The van der Waals surface area contributed by atoms with Crippen LogP contribution < -0.4 is 10.0 Å². The molecular weight excluding hydrogens is 444 g/mol. The molecule has 2 heterocycles. The molecule has 0 unspecified atom stereocenters. The average Bonchev–Trinajstić information content (AvgIpc) is 3.38. The summed E-state index contributed by atoms with van der Waals surface area (Å²) in [4.78, 5) is 22.0. The first-order valence-electron chi connectivity index (χ1n) is 10.6. The molecule has 2 aromatic heterocycles. The quantitative estimate of drug-likeness (QED) is 0.524. The van der Waals surface area contributed by atoms with Crippen LogP contribution in [0.15, 0.2) is 41.6 Å². The van der Waals surface area contributed by atoms with Crippen molar-refractivity contribution in [2.45, 2.75) is 51.3 Å². The zero-order valence-corrected chi connectivity index (χ0v) is 19.9. The van der Waals surface area contributed by atoms with E-state index in [4.69, 9.17) is 0 Å². The molecule has 0 atom stereocenters. The Kier molecular flexibility index (Phi) is 6.30. The molecule has 0 radical (unpaired) electrons. The Labute approximate surface area is 192 Å². The van der Waals surface area contributed by atoms with E-state index in [9.17, 15) is 13.2 Å². The largest absolute Gasteiger partial charge is 0.302 e. The Morgan fingerprint density at radius 3 is 2.56 bits per heavy atom. The van der Waals surface area contributed by atoms with Crippen molar-refractivity contribution in [3.05, 3.63) is 53.5 Å². The van der Waals surface area contributed by atoms with Gasteiger partial charge in [0, 0.05) is 12.1 Å². The van der Waals surface area contributed by atoms with E-state index >= 15 is 0 Å². The van der Waals surface area contributed by atoms with Crippen LogP contribution in [0.25, 0.3) is 10.4 Å². The van der Waals surface area contributed by atoms with E-state index < -0.39 is 10.0 Å². The van der Waals surface area contributed by atoms with Crippen molar-refractivity contribution in [2.24, 2.45) is 5.92 Å². The molecule has 2 N–H and O–H groups in total. The number of nitrogens with one attached hydrogen (secondary N) is 2. The second kappa shape index (κ2) is 8.99. The monoisotopic (exact) mass is 470 g/mol. The van der Waals surface area contributed by atoms with Gasteiger partial charge in [0.2, 0.25) is 5.91 Å². The van der Waals surface area contributed by atoms with Crippen molar-refractivity contribution < 1.29 is 13.2 Å². The molecule has 0 spiro atoms. The smallest absolute Gasteiger partial charge is 0.262 e. The zero-order chi connectivity index (χ0) is 22.9. The first kappa shape index (κ1) is 22.4. The van der Waals surface area contributed by atoms with Gasteiger partial charge in [-0.15, -0.1) is 0 Å². The van der Waals surface area contributed by atoms with Gasteiger partial charge < -0.3 is 5.32 Å². The molecule has 1 aromatic carbocycles. The highest BCUT2D eigenvalue weighted by Crippen LogP contribution is 2.35. The number of anilines is 2. The third-order valence-corrected chi connectivity index (χ3v) is 8.26. The summed E-state index contributed by atoms with van der Waals surface area (Å²) in [6.07, 6.45) is 7.17. The molecule has 0 bridgehead atoms. The van der Waals surface area contributed by atoms with Gasteiger partial charge in [0.05, 0.1) is 27.4 Å². The SMILES string of the molecule is Cc1cncc(NS(=O)(=O)c2cc(-c3sc(NC(=O)C4CCCC4)nc3C)ccc2C)c1. The summed E-state index contributed by atoms with van der Waals surface area (Å²) >= 11 is 1.36. The van der Waals surface area contributed by atoms with E-state index in [0.717, 1.165) is 47.4 Å². The van der Waals surface area contributed by atoms with E-state index in [2.05, 4.69) is 20.0 Å². The minimum Gasteiger partial charge on any atom is -0.302 e. The second-order valence-corrected chi connectivity index (χ2v) is 10.9. The molecule has 1 aliphatic carbocycles. The number of hydrogen-bond donors (Lipinski definition) is 2. The van der Waals surface area contributed by atoms with Crippen molar-refractivity contribution in [3.63, 3.8) is 0 Å². The Balaban J connectivity index is 1.61. The molecule has 168 valence electrons. The fourth-order valence-corrected chi connectivity index (χ4v) is 6.24. The lowest BCUT2D eigenvalue weighted by Gasteiger charge is -2.12. The van der Waals surface area contributed by atoms with Crippen molar-refractivity contribution in [1.82, 2.24) is 9.97 Å².